The highest BCUT2D eigenvalue weighted by Gasteiger charge is 2.47. The summed E-state index contributed by atoms with van der Waals surface area (Å²) in [5.41, 5.74) is -4.34. The monoisotopic (exact) mass is 622 g/mol. The molecule has 0 saturated carbocycles. The first-order valence-corrected chi connectivity index (χ1v) is 13.5. The van der Waals surface area contributed by atoms with E-state index in [-0.39, 0.29) is 23.1 Å². The minimum absolute atomic E-state index is 0.258. The third-order valence-corrected chi connectivity index (χ3v) is 9.88. The number of carbonyl (C=O) groups excluding carboxylic acids is 4. The van der Waals surface area contributed by atoms with E-state index in [0.29, 0.717) is 23.0 Å². The number of carbonyl (C=O) groups is 4. The molecule has 6 nitrogen and oxygen atoms in total. The van der Waals surface area contributed by atoms with Crippen molar-refractivity contribution in [2.75, 3.05) is 0 Å². The van der Waals surface area contributed by atoms with Gasteiger partial charge in [0, 0.05) is 0 Å². The molecule has 0 amide bonds. The third-order valence-electron chi connectivity index (χ3n) is 7.28. The van der Waals surface area contributed by atoms with Gasteiger partial charge in [-0.05, 0) is 91.8 Å². The molecular weight excluding hydrogens is 592 g/mol. The van der Waals surface area contributed by atoms with E-state index in [1.165, 1.54) is 12.2 Å². The van der Waals surface area contributed by atoms with E-state index in [1.807, 2.05) is 0 Å². The van der Waals surface area contributed by atoms with E-state index < -0.39 is 31.3 Å². The van der Waals surface area contributed by atoms with Crippen LogP contribution in [0.2, 0.25) is 0 Å². The number of halogens is 2. The van der Waals surface area contributed by atoms with Crippen LogP contribution < -0.4 is 0 Å². The number of rotatable bonds is 0. The Labute approximate surface area is 228 Å². The molecule has 3 rings (SSSR count). The van der Waals surface area contributed by atoms with Gasteiger partial charge in [-0.3, -0.25) is 19.2 Å². The Morgan fingerprint density at radius 3 is 1.06 bits per heavy atom. The fourth-order valence-corrected chi connectivity index (χ4v) is 5.65. The molecule has 1 aliphatic heterocycles. The summed E-state index contributed by atoms with van der Waals surface area (Å²) in [6.45, 7) is 13.7. The minimum Gasteiger partial charge on any atom is -0.464 e. The lowest BCUT2D eigenvalue weighted by Gasteiger charge is -2.30. The average molecular weight is 624 g/mol. The first kappa shape index (κ1) is 28.5. The minimum atomic E-state index is -1.10. The number of furan rings is 2. The van der Waals surface area contributed by atoms with Crippen molar-refractivity contribution < 1.29 is 28.0 Å². The average Bonchev–Trinajstić information content (AvgIpc) is 3.51. The standard InChI is InChI=1S/C28H32Br2O6/c1-25(2)15(31)9-10-16(32)26(3,4)18-12-14-20(36-18)28(7,8)24(34)22(30)21(29)23(33)27(5,6)19-13-11-17(25)35-19/h9-14,21-22H,1-8H3/b10-9-. The molecule has 8 heteroatoms. The van der Waals surface area contributed by atoms with Gasteiger partial charge >= 0.3 is 0 Å². The van der Waals surface area contributed by atoms with Crippen LogP contribution in [0, 0.1) is 0 Å². The quantitative estimate of drug-likeness (QED) is 0.331. The topological polar surface area (TPSA) is 94.6 Å². The Bertz CT molecular complexity index is 1160. The van der Waals surface area contributed by atoms with E-state index in [9.17, 15) is 19.2 Å². The zero-order valence-electron chi connectivity index (χ0n) is 21.8. The lowest BCUT2D eigenvalue weighted by atomic mass is 9.79. The number of Topliss-reactive ketones (excluding diaryl/α,β-unsaturated/α-hetero) is 2. The van der Waals surface area contributed by atoms with E-state index >= 15 is 0 Å². The predicted octanol–water partition coefficient (Wildman–Crippen LogP) is 6.06. The van der Waals surface area contributed by atoms with Gasteiger partial charge < -0.3 is 8.83 Å². The van der Waals surface area contributed by atoms with Gasteiger partial charge in [-0.25, -0.2) is 0 Å². The van der Waals surface area contributed by atoms with Crippen LogP contribution in [0.3, 0.4) is 0 Å². The molecule has 2 unspecified atom stereocenters. The number of hydrogen-bond donors (Lipinski definition) is 0. The van der Waals surface area contributed by atoms with Gasteiger partial charge in [-0.15, -0.1) is 0 Å². The molecule has 2 aromatic rings. The Balaban J connectivity index is 2.19. The molecule has 0 saturated heterocycles. The zero-order valence-corrected chi connectivity index (χ0v) is 25.0. The van der Waals surface area contributed by atoms with Gasteiger partial charge in [0.15, 0.2) is 23.1 Å². The summed E-state index contributed by atoms with van der Waals surface area (Å²) >= 11 is 6.89. The highest BCUT2D eigenvalue weighted by atomic mass is 79.9. The third kappa shape index (κ3) is 4.67. The highest BCUT2D eigenvalue weighted by molar-refractivity contribution is 9.12. The van der Waals surface area contributed by atoms with Crippen LogP contribution in [0.15, 0.2) is 45.3 Å². The molecule has 2 atom stereocenters. The maximum absolute atomic E-state index is 13.6. The maximum atomic E-state index is 13.6. The number of ketones is 4. The Kier molecular flexibility index (Phi) is 7.41. The van der Waals surface area contributed by atoms with Crippen molar-refractivity contribution in [3.8, 4) is 0 Å². The summed E-state index contributed by atoms with van der Waals surface area (Å²) in [4.78, 5) is 51.7. The van der Waals surface area contributed by atoms with E-state index in [1.54, 1.807) is 79.7 Å². The van der Waals surface area contributed by atoms with Crippen LogP contribution in [0.1, 0.15) is 78.4 Å². The summed E-state index contributed by atoms with van der Waals surface area (Å²) in [6.07, 6.45) is 2.51. The number of allylic oxidation sites excluding steroid dienone is 2. The highest BCUT2D eigenvalue weighted by Crippen LogP contribution is 2.39. The van der Waals surface area contributed by atoms with Gasteiger partial charge in [0.1, 0.15) is 23.0 Å². The van der Waals surface area contributed by atoms with Crippen LogP contribution in [0.4, 0.5) is 0 Å². The van der Waals surface area contributed by atoms with Crippen LogP contribution in [-0.4, -0.2) is 32.8 Å². The summed E-state index contributed by atoms with van der Waals surface area (Å²) in [5, 5.41) is 0. The van der Waals surface area contributed by atoms with Crippen molar-refractivity contribution in [3.05, 3.63) is 59.5 Å². The molecule has 2 aromatic heterocycles. The number of hydrogen-bond acceptors (Lipinski definition) is 6. The summed E-state index contributed by atoms with van der Waals surface area (Å²) in [7, 11) is 0. The van der Waals surface area contributed by atoms with Crippen LogP contribution in [0.25, 0.3) is 0 Å². The fourth-order valence-electron chi connectivity index (χ4n) is 4.03. The molecule has 0 radical (unpaired) electrons. The molecule has 36 heavy (non-hydrogen) atoms. The molecule has 0 aromatic carbocycles. The van der Waals surface area contributed by atoms with Gasteiger partial charge in [0.05, 0.1) is 31.3 Å². The molecular formula is C28H32Br2O6. The van der Waals surface area contributed by atoms with Crippen molar-refractivity contribution in [1.82, 2.24) is 0 Å². The Morgan fingerprint density at radius 2 is 0.778 bits per heavy atom. The Hall–Kier alpha value is -2.06. The normalized spacial score (nSPS) is 26.8. The largest absolute Gasteiger partial charge is 0.464 e. The molecule has 1 aliphatic rings. The second kappa shape index (κ2) is 9.35. The van der Waals surface area contributed by atoms with Gasteiger partial charge in [-0.2, -0.15) is 0 Å². The lowest BCUT2D eigenvalue weighted by molar-refractivity contribution is -0.128. The molecule has 194 valence electrons. The van der Waals surface area contributed by atoms with Crippen molar-refractivity contribution >= 4 is 55.0 Å². The SMILES string of the molecule is CC1(C)C(=O)/C=C\C(=O)C(C)(C)c2ccc(o2)C(C)(C)C(=O)C(Br)C(Br)C(=O)C(C)(C)c2ccc1o2. The number of fused-ring (bicyclic) bond motifs is 4. The van der Waals surface area contributed by atoms with Crippen molar-refractivity contribution in [2.24, 2.45) is 0 Å². The fraction of sp³-hybridized carbons (Fsp3) is 0.500. The molecule has 4 bridgehead atoms. The maximum Gasteiger partial charge on any atom is 0.168 e. The predicted molar refractivity (Wildman–Crippen MR) is 144 cm³/mol. The first-order valence-electron chi connectivity index (χ1n) is 11.7. The number of alkyl halides is 2. The van der Waals surface area contributed by atoms with Crippen LogP contribution in [-0.2, 0) is 40.8 Å². The van der Waals surface area contributed by atoms with Crippen molar-refractivity contribution in [2.45, 2.75) is 86.7 Å². The molecule has 0 spiro atoms. The summed E-state index contributed by atoms with van der Waals surface area (Å²) in [6, 6.07) is 6.69. The zero-order chi connectivity index (χ0) is 27.4. The second-order valence-electron chi connectivity index (χ2n) is 11.4. The molecule has 0 fully saturated rings. The summed E-state index contributed by atoms with van der Waals surface area (Å²) < 4.78 is 12.1. The van der Waals surface area contributed by atoms with E-state index in [0.717, 1.165) is 0 Å². The lowest BCUT2D eigenvalue weighted by Crippen LogP contribution is -2.46. The molecule has 3 heterocycles. The van der Waals surface area contributed by atoms with Crippen LogP contribution in [0.5, 0.6) is 0 Å². The smallest absolute Gasteiger partial charge is 0.168 e. The Morgan fingerprint density at radius 1 is 0.528 bits per heavy atom. The van der Waals surface area contributed by atoms with E-state index in [2.05, 4.69) is 31.9 Å². The van der Waals surface area contributed by atoms with E-state index in [4.69, 9.17) is 8.83 Å². The second-order valence-corrected chi connectivity index (χ2v) is 13.4. The first-order chi connectivity index (χ1) is 16.4. The van der Waals surface area contributed by atoms with Gasteiger partial charge in [0.25, 0.3) is 0 Å². The van der Waals surface area contributed by atoms with Crippen LogP contribution >= 0.6 is 31.9 Å². The molecule has 0 N–H and O–H groups in total. The van der Waals surface area contributed by atoms with Gasteiger partial charge in [-0.1, -0.05) is 31.9 Å². The summed E-state index contributed by atoms with van der Waals surface area (Å²) in [5.74, 6) is 0.338. The molecule has 0 aliphatic carbocycles. The van der Waals surface area contributed by atoms with Crippen molar-refractivity contribution in [3.63, 3.8) is 0 Å². The van der Waals surface area contributed by atoms with Crippen molar-refractivity contribution in [1.29, 1.82) is 0 Å². The van der Waals surface area contributed by atoms with Gasteiger partial charge in [0.2, 0.25) is 0 Å².